The quantitative estimate of drug-likeness (QED) is 0.540. The van der Waals surface area contributed by atoms with Crippen LogP contribution in [0.5, 0.6) is 0 Å². The summed E-state index contributed by atoms with van der Waals surface area (Å²) in [5.41, 5.74) is 1.18. The molecule has 1 heterocycles. The van der Waals surface area contributed by atoms with Gasteiger partial charge in [0.15, 0.2) is 5.76 Å². The Morgan fingerprint density at radius 3 is 2.52 bits per heavy atom. The number of benzene rings is 2. The van der Waals surface area contributed by atoms with Gasteiger partial charge in [0.1, 0.15) is 11.3 Å². The van der Waals surface area contributed by atoms with Crippen LogP contribution in [0.15, 0.2) is 73.5 Å². The maximum atomic E-state index is 12.2. The van der Waals surface area contributed by atoms with Crippen LogP contribution in [0.4, 0.5) is 0 Å². The number of furan rings is 1. The van der Waals surface area contributed by atoms with E-state index in [4.69, 9.17) is 4.42 Å². The van der Waals surface area contributed by atoms with E-state index in [1.165, 1.54) is 12.1 Å². The van der Waals surface area contributed by atoms with E-state index in [2.05, 4.69) is 25.9 Å². The Kier molecular flexibility index (Phi) is 4.23. The van der Waals surface area contributed by atoms with Crippen molar-refractivity contribution in [2.45, 2.75) is 11.8 Å². The first-order valence-corrected chi connectivity index (χ1v) is 9.04. The van der Waals surface area contributed by atoms with Crippen LogP contribution in [0, 0.1) is 0 Å². The van der Waals surface area contributed by atoms with E-state index in [1.54, 1.807) is 19.1 Å². The van der Waals surface area contributed by atoms with Crippen molar-refractivity contribution in [1.29, 1.82) is 0 Å². The number of para-hydroxylation sites is 1. The third-order valence-corrected chi connectivity index (χ3v) is 4.99. The molecule has 1 aromatic heterocycles. The minimum Gasteiger partial charge on any atom is -0.455 e. The zero-order valence-corrected chi connectivity index (χ0v) is 14.6. The lowest BCUT2D eigenvalue weighted by Gasteiger charge is -2.04. The smallest absolute Gasteiger partial charge is 0.276 e. The summed E-state index contributed by atoms with van der Waals surface area (Å²) in [6, 6.07) is 15.7. The molecule has 0 saturated heterocycles. The van der Waals surface area contributed by atoms with Crippen LogP contribution >= 0.6 is 15.9 Å². The van der Waals surface area contributed by atoms with Crippen molar-refractivity contribution in [3.8, 4) is 0 Å². The Morgan fingerprint density at radius 2 is 1.83 bits per heavy atom. The standard InChI is InChI=1S/C16H13BrN2O3S/c1-11(16-10-12-4-2-3-5-15(12)22-16)18-19-23(20,21)14-8-6-13(17)7-9-14/h2-10,19H,1H3. The van der Waals surface area contributed by atoms with Crippen LogP contribution in [-0.4, -0.2) is 14.1 Å². The predicted molar refractivity (Wildman–Crippen MR) is 92.9 cm³/mol. The number of hydrogen-bond donors (Lipinski definition) is 1. The number of nitrogens with zero attached hydrogens (tertiary/aromatic N) is 1. The van der Waals surface area contributed by atoms with Gasteiger partial charge in [0.2, 0.25) is 0 Å². The molecule has 7 heteroatoms. The van der Waals surface area contributed by atoms with Crippen molar-refractivity contribution in [1.82, 2.24) is 4.83 Å². The number of hydrogen-bond acceptors (Lipinski definition) is 4. The first-order valence-electron chi connectivity index (χ1n) is 6.76. The van der Waals surface area contributed by atoms with Crippen LogP contribution in [0.3, 0.4) is 0 Å². The molecule has 1 N–H and O–H groups in total. The first kappa shape index (κ1) is 15.8. The van der Waals surface area contributed by atoms with Gasteiger partial charge >= 0.3 is 0 Å². The summed E-state index contributed by atoms with van der Waals surface area (Å²) in [7, 11) is -3.71. The minimum absolute atomic E-state index is 0.141. The Balaban J connectivity index is 1.84. The van der Waals surface area contributed by atoms with Crippen molar-refractivity contribution in [2.75, 3.05) is 0 Å². The normalized spacial score (nSPS) is 12.5. The van der Waals surface area contributed by atoms with Crippen LogP contribution in [0.1, 0.15) is 12.7 Å². The maximum Gasteiger partial charge on any atom is 0.276 e. The molecule has 3 rings (SSSR count). The summed E-state index contributed by atoms with van der Waals surface area (Å²) in [5, 5.41) is 4.87. The fourth-order valence-corrected chi connectivity index (χ4v) is 3.13. The molecule has 0 radical (unpaired) electrons. The van der Waals surface area contributed by atoms with Crippen LogP contribution in [-0.2, 0) is 10.0 Å². The fraction of sp³-hybridized carbons (Fsp3) is 0.0625. The third-order valence-electron chi connectivity index (χ3n) is 3.24. The molecule has 0 aliphatic heterocycles. The highest BCUT2D eigenvalue weighted by molar-refractivity contribution is 9.10. The van der Waals surface area contributed by atoms with Gasteiger partial charge in [-0.2, -0.15) is 18.4 Å². The van der Waals surface area contributed by atoms with Crippen molar-refractivity contribution in [3.05, 3.63) is 64.8 Å². The van der Waals surface area contributed by atoms with E-state index in [9.17, 15) is 8.42 Å². The molecule has 23 heavy (non-hydrogen) atoms. The van der Waals surface area contributed by atoms with Gasteiger partial charge in [0, 0.05) is 9.86 Å². The topological polar surface area (TPSA) is 71.7 Å². The summed E-state index contributed by atoms with van der Waals surface area (Å²) in [4.78, 5) is 2.36. The van der Waals surface area contributed by atoms with Gasteiger partial charge in [0.05, 0.1) is 4.90 Å². The van der Waals surface area contributed by atoms with E-state index >= 15 is 0 Å². The molecular weight excluding hydrogens is 380 g/mol. The number of halogens is 1. The van der Waals surface area contributed by atoms with Gasteiger partial charge in [-0.15, -0.1) is 0 Å². The lowest BCUT2D eigenvalue weighted by Crippen LogP contribution is -2.19. The zero-order valence-electron chi connectivity index (χ0n) is 12.2. The molecular formula is C16H13BrN2O3S. The zero-order chi connectivity index (χ0) is 16.4. The second-order valence-electron chi connectivity index (χ2n) is 4.89. The lowest BCUT2D eigenvalue weighted by molar-refractivity contribution is 0.583. The Labute approximate surface area is 142 Å². The van der Waals surface area contributed by atoms with E-state index in [1.807, 2.05) is 30.3 Å². The number of fused-ring (bicyclic) bond motifs is 1. The highest BCUT2D eigenvalue weighted by Gasteiger charge is 2.13. The van der Waals surface area contributed by atoms with E-state index in [0.29, 0.717) is 11.5 Å². The van der Waals surface area contributed by atoms with Crippen LogP contribution < -0.4 is 4.83 Å². The van der Waals surface area contributed by atoms with Crippen molar-refractivity contribution in [3.63, 3.8) is 0 Å². The molecule has 0 spiro atoms. The highest BCUT2D eigenvalue weighted by atomic mass is 79.9. The molecule has 0 fully saturated rings. The van der Waals surface area contributed by atoms with Crippen molar-refractivity contribution < 1.29 is 12.8 Å². The van der Waals surface area contributed by atoms with Gasteiger partial charge < -0.3 is 4.42 Å². The largest absolute Gasteiger partial charge is 0.455 e. The van der Waals surface area contributed by atoms with Gasteiger partial charge in [-0.05, 0) is 43.3 Å². The molecule has 118 valence electrons. The SMILES string of the molecule is CC(=NNS(=O)(=O)c1ccc(Br)cc1)c1cc2ccccc2o1. The molecule has 3 aromatic rings. The molecule has 0 saturated carbocycles. The maximum absolute atomic E-state index is 12.2. The van der Waals surface area contributed by atoms with Gasteiger partial charge in [-0.1, -0.05) is 34.1 Å². The van der Waals surface area contributed by atoms with Crippen molar-refractivity contribution in [2.24, 2.45) is 5.10 Å². The Hall–Kier alpha value is -2.12. The van der Waals surface area contributed by atoms with Gasteiger partial charge in [0.25, 0.3) is 10.0 Å². The van der Waals surface area contributed by atoms with Gasteiger partial charge in [-0.25, -0.2) is 0 Å². The van der Waals surface area contributed by atoms with Gasteiger partial charge in [-0.3, -0.25) is 0 Å². The first-order chi connectivity index (χ1) is 11.0. The van der Waals surface area contributed by atoms with Crippen molar-refractivity contribution >= 4 is 42.6 Å². The minimum atomic E-state index is -3.71. The lowest BCUT2D eigenvalue weighted by atomic mass is 10.2. The molecule has 0 bridgehead atoms. The molecule has 0 aliphatic carbocycles. The van der Waals surface area contributed by atoms with E-state index in [-0.39, 0.29) is 4.90 Å². The second-order valence-corrected chi connectivity index (χ2v) is 7.47. The summed E-state index contributed by atoms with van der Waals surface area (Å²) >= 11 is 3.27. The summed E-state index contributed by atoms with van der Waals surface area (Å²) in [5.74, 6) is 0.518. The molecule has 0 amide bonds. The molecule has 0 atom stereocenters. The van der Waals surface area contributed by atoms with E-state index in [0.717, 1.165) is 15.4 Å². The highest BCUT2D eigenvalue weighted by Crippen LogP contribution is 2.19. The number of hydrazone groups is 1. The van der Waals surface area contributed by atoms with Crippen LogP contribution in [0.2, 0.25) is 0 Å². The molecule has 2 aromatic carbocycles. The number of sulfonamides is 1. The van der Waals surface area contributed by atoms with Crippen LogP contribution in [0.25, 0.3) is 11.0 Å². The Bertz CT molecular complexity index is 943. The number of rotatable bonds is 4. The summed E-state index contributed by atoms with van der Waals surface area (Å²) in [6.45, 7) is 1.68. The number of nitrogens with one attached hydrogen (secondary N) is 1. The molecule has 0 unspecified atom stereocenters. The third kappa shape index (κ3) is 3.46. The predicted octanol–water partition coefficient (Wildman–Crippen LogP) is 3.90. The van der Waals surface area contributed by atoms with E-state index < -0.39 is 10.0 Å². The average molecular weight is 393 g/mol. The molecule has 5 nitrogen and oxygen atoms in total. The molecule has 0 aliphatic rings. The average Bonchev–Trinajstić information content (AvgIpc) is 2.97. The monoisotopic (exact) mass is 392 g/mol. The summed E-state index contributed by atoms with van der Waals surface area (Å²) < 4.78 is 30.8. The summed E-state index contributed by atoms with van der Waals surface area (Å²) in [6.07, 6.45) is 0. The fourth-order valence-electron chi connectivity index (χ4n) is 2.01. The second kappa shape index (κ2) is 6.17. The Morgan fingerprint density at radius 1 is 1.13 bits per heavy atom.